The van der Waals surface area contributed by atoms with E-state index in [1.54, 1.807) is 0 Å². The molecule has 4 N–H and O–H groups in total. The van der Waals surface area contributed by atoms with Gasteiger partial charge in [0, 0.05) is 18.1 Å². The lowest BCUT2D eigenvalue weighted by Gasteiger charge is -2.38. The zero-order valence-corrected chi connectivity index (χ0v) is 11.0. The van der Waals surface area contributed by atoms with Crippen LogP contribution in [0.4, 0.5) is 0 Å². The molecule has 1 rings (SSSR count). The number of carbonyl (C=O) groups excluding carboxylic acids is 1. The van der Waals surface area contributed by atoms with Crippen molar-refractivity contribution in [2.75, 3.05) is 13.1 Å². The quantitative estimate of drug-likeness (QED) is 0.652. The van der Waals surface area contributed by atoms with Gasteiger partial charge in [-0.3, -0.25) is 4.79 Å². The van der Waals surface area contributed by atoms with Gasteiger partial charge < -0.3 is 16.4 Å². The minimum atomic E-state index is -0.0450. The highest BCUT2D eigenvalue weighted by atomic mass is 35.5. The summed E-state index contributed by atoms with van der Waals surface area (Å²) >= 11 is 0. The second-order valence-electron chi connectivity index (χ2n) is 4.70. The standard InChI is InChI=1S/C11H23N3O.ClH/c1-3-9(2)14-10(15)7-13-8-11(12)5-4-6-11;/h9,13H,3-8,12H2,1-2H3,(H,14,15);1H. The largest absolute Gasteiger partial charge is 0.353 e. The summed E-state index contributed by atoms with van der Waals surface area (Å²) < 4.78 is 0. The lowest BCUT2D eigenvalue weighted by atomic mass is 9.78. The van der Waals surface area contributed by atoms with E-state index in [2.05, 4.69) is 17.6 Å². The van der Waals surface area contributed by atoms with E-state index in [1.165, 1.54) is 6.42 Å². The van der Waals surface area contributed by atoms with Crippen molar-refractivity contribution in [3.63, 3.8) is 0 Å². The molecule has 1 aliphatic carbocycles. The average molecular weight is 250 g/mol. The number of amides is 1. The zero-order chi connectivity index (χ0) is 11.3. The molecule has 0 heterocycles. The summed E-state index contributed by atoms with van der Waals surface area (Å²) in [6.45, 7) is 5.19. The summed E-state index contributed by atoms with van der Waals surface area (Å²) in [5, 5.41) is 6.03. The summed E-state index contributed by atoms with van der Waals surface area (Å²) in [6, 6.07) is 0.259. The van der Waals surface area contributed by atoms with Crippen LogP contribution >= 0.6 is 12.4 Å². The van der Waals surface area contributed by atoms with Crippen LogP contribution < -0.4 is 16.4 Å². The number of carbonyl (C=O) groups is 1. The lowest BCUT2D eigenvalue weighted by Crippen LogP contribution is -2.55. The fourth-order valence-corrected chi connectivity index (χ4v) is 1.66. The van der Waals surface area contributed by atoms with Gasteiger partial charge in [0.1, 0.15) is 0 Å². The minimum Gasteiger partial charge on any atom is -0.353 e. The van der Waals surface area contributed by atoms with Gasteiger partial charge in [0.05, 0.1) is 6.54 Å². The first-order valence-corrected chi connectivity index (χ1v) is 5.85. The molecule has 0 aromatic carbocycles. The fraction of sp³-hybridized carbons (Fsp3) is 0.909. The molecule has 16 heavy (non-hydrogen) atoms. The molecule has 1 fully saturated rings. The van der Waals surface area contributed by atoms with Crippen LogP contribution in [0.15, 0.2) is 0 Å². The summed E-state index contributed by atoms with van der Waals surface area (Å²) in [4.78, 5) is 11.4. The fourth-order valence-electron chi connectivity index (χ4n) is 1.66. The first-order valence-electron chi connectivity index (χ1n) is 5.85. The van der Waals surface area contributed by atoms with Crippen molar-refractivity contribution in [2.24, 2.45) is 5.73 Å². The molecule has 0 radical (unpaired) electrons. The number of rotatable bonds is 6. The first kappa shape index (κ1) is 15.7. The molecule has 0 saturated heterocycles. The molecule has 1 unspecified atom stereocenters. The van der Waals surface area contributed by atoms with E-state index in [0.29, 0.717) is 6.54 Å². The molecule has 1 atom stereocenters. The predicted molar refractivity (Wildman–Crippen MR) is 68.8 cm³/mol. The molecular formula is C11H24ClN3O. The van der Waals surface area contributed by atoms with Gasteiger partial charge in [-0.05, 0) is 32.6 Å². The molecule has 0 bridgehead atoms. The Bertz CT molecular complexity index is 219. The van der Waals surface area contributed by atoms with Crippen LogP contribution in [0.1, 0.15) is 39.5 Å². The van der Waals surface area contributed by atoms with Gasteiger partial charge in [-0.2, -0.15) is 0 Å². The van der Waals surface area contributed by atoms with Gasteiger partial charge in [-0.15, -0.1) is 12.4 Å². The van der Waals surface area contributed by atoms with Gasteiger partial charge in [0.15, 0.2) is 0 Å². The highest BCUT2D eigenvalue weighted by Crippen LogP contribution is 2.27. The molecule has 0 aromatic rings. The maximum absolute atomic E-state index is 11.4. The molecule has 1 amide bonds. The Labute approximate surface area is 104 Å². The third-order valence-electron chi connectivity index (χ3n) is 3.13. The summed E-state index contributed by atoms with van der Waals surface area (Å²) in [5.41, 5.74) is 5.98. The number of halogens is 1. The van der Waals surface area contributed by atoms with Crippen LogP contribution in [0.5, 0.6) is 0 Å². The van der Waals surface area contributed by atoms with Crippen molar-refractivity contribution in [3.8, 4) is 0 Å². The van der Waals surface area contributed by atoms with Crippen LogP contribution in [0, 0.1) is 0 Å². The van der Waals surface area contributed by atoms with E-state index in [0.717, 1.165) is 25.8 Å². The average Bonchev–Trinajstić information content (AvgIpc) is 2.15. The Balaban J connectivity index is 0.00000225. The van der Waals surface area contributed by atoms with Crippen LogP contribution in [-0.4, -0.2) is 30.6 Å². The molecule has 0 spiro atoms. The van der Waals surface area contributed by atoms with E-state index in [9.17, 15) is 4.79 Å². The molecule has 1 saturated carbocycles. The maximum atomic E-state index is 11.4. The first-order chi connectivity index (χ1) is 7.06. The molecule has 4 nitrogen and oxygen atoms in total. The Kier molecular flexibility index (Phi) is 6.95. The van der Waals surface area contributed by atoms with Crippen molar-refractivity contribution in [3.05, 3.63) is 0 Å². The Morgan fingerprint density at radius 3 is 2.56 bits per heavy atom. The molecule has 0 aromatic heterocycles. The van der Waals surface area contributed by atoms with E-state index in [1.807, 2.05) is 6.92 Å². The Hall–Kier alpha value is -0.320. The van der Waals surface area contributed by atoms with Crippen molar-refractivity contribution < 1.29 is 4.79 Å². The topological polar surface area (TPSA) is 67.2 Å². The van der Waals surface area contributed by atoms with E-state index >= 15 is 0 Å². The predicted octanol–water partition coefficient (Wildman–Crippen LogP) is 0.794. The van der Waals surface area contributed by atoms with E-state index < -0.39 is 0 Å². The smallest absolute Gasteiger partial charge is 0.234 e. The number of hydrogen-bond donors (Lipinski definition) is 3. The van der Waals surface area contributed by atoms with E-state index in [-0.39, 0.29) is 29.9 Å². The molecular weight excluding hydrogens is 226 g/mol. The van der Waals surface area contributed by atoms with Gasteiger partial charge in [0.2, 0.25) is 5.91 Å². The van der Waals surface area contributed by atoms with Gasteiger partial charge in [-0.25, -0.2) is 0 Å². The Morgan fingerprint density at radius 2 is 2.12 bits per heavy atom. The minimum absolute atomic E-state index is 0. The van der Waals surface area contributed by atoms with Crippen molar-refractivity contribution in [2.45, 2.75) is 51.1 Å². The summed E-state index contributed by atoms with van der Waals surface area (Å²) in [6.07, 6.45) is 4.34. The van der Waals surface area contributed by atoms with Crippen molar-refractivity contribution >= 4 is 18.3 Å². The van der Waals surface area contributed by atoms with Gasteiger partial charge >= 0.3 is 0 Å². The van der Waals surface area contributed by atoms with Crippen LogP contribution in [-0.2, 0) is 4.79 Å². The zero-order valence-electron chi connectivity index (χ0n) is 10.2. The SMILES string of the molecule is CCC(C)NC(=O)CNCC1(N)CCC1.Cl. The molecule has 96 valence electrons. The van der Waals surface area contributed by atoms with Crippen LogP contribution in [0.3, 0.4) is 0 Å². The Morgan fingerprint density at radius 1 is 1.50 bits per heavy atom. The third kappa shape index (κ3) is 5.14. The molecule has 5 heteroatoms. The van der Waals surface area contributed by atoms with Gasteiger partial charge in [0.25, 0.3) is 0 Å². The monoisotopic (exact) mass is 249 g/mol. The van der Waals surface area contributed by atoms with Crippen molar-refractivity contribution in [1.82, 2.24) is 10.6 Å². The highest BCUT2D eigenvalue weighted by molar-refractivity contribution is 5.85. The van der Waals surface area contributed by atoms with E-state index in [4.69, 9.17) is 5.73 Å². The maximum Gasteiger partial charge on any atom is 0.234 e. The number of nitrogens with two attached hydrogens (primary N) is 1. The normalized spacial score (nSPS) is 19.2. The molecule has 0 aliphatic heterocycles. The number of nitrogens with one attached hydrogen (secondary N) is 2. The second kappa shape index (κ2) is 7.09. The second-order valence-corrected chi connectivity index (χ2v) is 4.70. The number of hydrogen-bond acceptors (Lipinski definition) is 3. The van der Waals surface area contributed by atoms with Crippen LogP contribution in [0.2, 0.25) is 0 Å². The lowest BCUT2D eigenvalue weighted by molar-refractivity contribution is -0.120. The molecule has 1 aliphatic rings. The van der Waals surface area contributed by atoms with Crippen LogP contribution in [0.25, 0.3) is 0 Å². The highest BCUT2D eigenvalue weighted by Gasteiger charge is 2.31. The summed E-state index contributed by atoms with van der Waals surface area (Å²) in [5.74, 6) is 0.0623. The van der Waals surface area contributed by atoms with Crippen molar-refractivity contribution in [1.29, 1.82) is 0 Å². The van der Waals surface area contributed by atoms with Gasteiger partial charge in [-0.1, -0.05) is 6.92 Å². The summed E-state index contributed by atoms with van der Waals surface area (Å²) in [7, 11) is 0. The third-order valence-corrected chi connectivity index (χ3v) is 3.13.